The van der Waals surface area contributed by atoms with E-state index in [2.05, 4.69) is 6.92 Å². The molecule has 2 aromatic carbocycles. The van der Waals surface area contributed by atoms with Crippen molar-refractivity contribution in [2.45, 2.75) is 23.5 Å². The van der Waals surface area contributed by atoms with Gasteiger partial charge in [-0.2, -0.15) is 0 Å². The van der Waals surface area contributed by atoms with Crippen molar-refractivity contribution in [3.63, 3.8) is 0 Å². The summed E-state index contributed by atoms with van der Waals surface area (Å²) in [4.78, 5) is 29.4. The van der Waals surface area contributed by atoms with Crippen LogP contribution in [0.1, 0.15) is 23.7 Å². The Labute approximate surface area is 173 Å². The number of amides is 1. The maximum absolute atomic E-state index is 13.3. The molecule has 2 aliphatic heterocycles. The van der Waals surface area contributed by atoms with Gasteiger partial charge in [-0.3, -0.25) is 14.9 Å². The van der Waals surface area contributed by atoms with Crippen LogP contribution in [0.2, 0.25) is 0 Å². The summed E-state index contributed by atoms with van der Waals surface area (Å²) in [5, 5.41) is 12.1. The first-order chi connectivity index (χ1) is 14.0. The van der Waals surface area contributed by atoms with Gasteiger partial charge >= 0.3 is 0 Å². The van der Waals surface area contributed by atoms with E-state index in [0.717, 1.165) is 17.0 Å². The molecule has 0 unspecified atom stereocenters. The number of hydrogen-bond acceptors (Lipinski definition) is 6. The molecule has 0 aliphatic carbocycles. The average molecular weight is 413 g/mol. The number of nitro groups is 1. The first-order valence-electron chi connectivity index (χ1n) is 9.73. The molecule has 8 heteroatoms. The number of thioether (sulfide) groups is 1. The molecule has 4 rings (SSSR count). The number of carbonyl (C=O) groups is 1. The number of para-hydroxylation sites is 1. The summed E-state index contributed by atoms with van der Waals surface area (Å²) < 4.78 is 5.34. The van der Waals surface area contributed by atoms with Gasteiger partial charge in [0.2, 0.25) is 0 Å². The molecule has 0 saturated carbocycles. The molecule has 0 bridgehead atoms. The van der Waals surface area contributed by atoms with Gasteiger partial charge in [0.25, 0.3) is 11.6 Å². The fourth-order valence-electron chi connectivity index (χ4n) is 3.73. The Morgan fingerprint density at radius 2 is 1.90 bits per heavy atom. The SMILES string of the molecule is C[C@@H]1CCN(C(=O)c2ccc(N3CCOCC3)c([N+](=O)[O-])c2)c2ccccc2S1. The molecule has 152 valence electrons. The highest BCUT2D eigenvalue weighted by Crippen LogP contribution is 2.38. The smallest absolute Gasteiger partial charge is 0.293 e. The molecule has 7 nitrogen and oxygen atoms in total. The molecule has 0 N–H and O–H groups in total. The van der Waals surface area contributed by atoms with E-state index >= 15 is 0 Å². The second-order valence-corrected chi connectivity index (χ2v) is 8.68. The molecule has 0 radical (unpaired) electrons. The number of ether oxygens (including phenoxy) is 1. The number of carbonyl (C=O) groups excluding carboxylic acids is 1. The van der Waals surface area contributed by atoms with Gasteiger partial charge < -0.3 is 14.5 Å². The standard InChI is InChI=1S/C21H23N3O4S/c1-15-8-9-23(18-4-2-3-5-20(18)29-15)21(25)16-6-7-17(19(14-16)24(26)27)22-10-12-28-13-11-22/h2-7,14-15H,8-13H2,1H3/t15-/m1/s1. The van der Waals surface area contributed by atoms with Gasteiger partial charge in [-0.25, -0.2) is 0 Å². The van der Waals surface area contributed by atoms with Gasteiger partial charge in [-0.15, -0.1) is 11.8 Å². The van der Waals surface area contributed by atoms with Crippen LogP contribution in [0.25, 0.3) is 0 Å². The molecule has 2 heterocycles. The van der Waals surface area contributed by atoms with Crippen molar-refractivity contribution in [1.82, 2.24) is 0 Å². The van der Waals surface area contributed by atoms with Crippen molar-refractivity contribution < 1.29 is 14.5 Å². The fraction of sp³-hybridized carbons (Fsp3) is 0.381. The molecule has 29 heavy (non-hydrogen) atoms. The number of anilines is 2. The van der Waals surface area contributed by atoms with Crippen molar-refractivity contribution >= 4 is 34.7 Å². The summed E-state index contributed by atoms with van der Waals surface area (Å²) in [6, 6.07) is 12.6. The lowest BCUT2D eigenvalue weighted by molar-refractivity contribution is -0.384. The van der Waals surface area contributed by atoms with Gasteiger partial charge in [0.1, 0.15) is 5.69 Å². The normalized spacial score (nSPS) is 19.4. The van der Waals surface area contributed by atoms with E-state index in [9.17, 15) is 14.9 Å². The predicted molar refractivity (Wildman–Crippen MR) is 114 cm³/mol. The summed E-state index contributed by atoms with van der Waals surface area (Å²) in [6.45, 7) is 5.02. The van der Waals surface area contributed by atoms with E-state index in [1.54, 1.807) is 28.8 Å². The van der Waals surface area contributed by atoms with Gasteiger partial charge in [0.15, 0.2) is 0 Å². The van der Waals surface area contributed by atoms with Crippen LogP contribution in [0, 0.1) is 10.1 Å². The van der Waals surface area contributed by atoms with Crippen LogP contribution in [0.3, 0.4) is 0 Å². The van der Waals surface area contributed by atoms with Crippen molar-refractivity contribution in [3.8, 4) is 0 Å². The van der Waals surface area contributed by atoms with E-state index < -0.39 is 4.92 Å². The van der Waals surface area contributed by atoms with Crippen LogP contribution >= 0.6 is 11.8 Å². The molecule has 0 spiro atoms. The number of rotatable bonds is 3. The Bertz CT molecular complexity index is 930. The van der Waals surface area contributed by atoms with E-state index in [4.69, 9.17) is 4.74 Å². The number of nitro benzene ring substituents is 1. The summed E-state index contributed by atoms with van der Waals surface area (Å²) in [6.07, 6.45) is 0.860. The Hall–Kier alpha value is -2.58. The monoisotopic (exact) mass is 413 g/mol. The lowest BCUT2D eigenvalue weighted by atomic mass is 10.1. The second-order valence-electron chi connectivity index (χ2n) is 7.20. The average Bonchev–Trinajstić information content (AvgIpc) is 2.91. The first kappa shape index (κ1) is 19.7. The van der Waals surface area contributed by atoms with Gasteiger partial charge in [0, 0.05) is 41.4 Å². The summed E-state index contributed by atoms with van der Waals surface area (Å²) in [5.74, 6) is -0.205. The lowest BCUT2D eigenvalue weighted by Gasteiger charge is -2.28. The molecule has 1 fully saturated rings. The van der Waals surface area contributed by atoms with Gasteiger partial charge in [-0.1, -0.05) is 19.1 Å². The minimum atomic E-state index is -0.407. The zero-order valence-electron chi connectivity index (χ0n) is 16.2. The van der Waals surface area contributed by atoms with Gasteiger partial charge in [0.05, 0.1) is 23.8 Å². The zero-order chi connectivity index (χ0) is 20.4. The number of benzene rings is 2. The van der Waals surface area contributed by atoms with Crippen LogP contribution < -0.4 is 9.80 Å². The minimum absolute atomic E-state index is 0.0383. The van der Waals surface area contributed by atoms with Crippen molar-refractivity contribution in [3.05, 3.63) is 58.1 Å². The Morgan fingerprint density at radius 1 is 1.14 bits per heavy atom. The summed E-state index contributed by atoms with van der Waals surface area (Å²) in [5.41, 5.74) is 1.70. The second kappa shape index (κ2) is 8.42. The van der Waals surface area contributed by atoms with E-state index in [0.29, 0.717) is 49.3 Å². The highest BCUT2D eigenvalue weighted by molar-refractivity contribution is 8.00. The van der Waals surface area contributed by atoms with E-state index in [1.165, 1.54) is 6.07 Å². The van der Waals surface area contributed by atoms with Crippen LogP contribution in [-0.4, -0.2) is 48.9 Å². The number of morpholine rings is 1. The van der Waals surface area contributed by atoms with E-state index in [1.807, 2.05) is 29.2 Å². The quantitative estimate of drug-likeness (QED) is 0.560. The predicted octanol–water partition coefficient (Wildman–Crippen LogP) is 3.96. The third-order valence-corrected chi connectivity index (χ3v) is 6.50. The Morgan fingerprint density at radius 3 is 2.66 bits per heavy atom. The lowest BCUT2D eigenvalue weighted by Crippen LogP contribution is -2.36. The molecule has 0 aromatic heterocycles. The third kappa shape index (κ3) is 4.09. The fourth-order valence-corrected chi connectivity index (χ4v) is 4.84. The third-order valence-electron chi connectivity index (χ3n) is 5.26. The molecule has 1 amide bonds. The Kier molecular flexibility index (Phi) is 5.73. The van der Waals surface area contributed by atoms with Crippen LogP contribution in [-0.2, 0) is 4.74 Å². The molecule has 1 saturated heterocycles. The number of fused-ring (bicyclic) bond motifs is 1. The Balaban J connectivity index is 1.68. The maximum atomic E-state index is 13.3. The van der Waals surface area contributed by atoms with Crippen LogP contribution in [0.5, 0.6) is 0 Å². The topological polar surface area (TPSA) is 75.9 Å². The largest absolute Gasteiger partial charge is 0.378 e. The molecular formula is C21H23N3O4S. The minimum Gasteiger partial charge on any atom is -0.378 e. The van der Waals surface area contributed by atoms with Crippen molar-refractivity contribution in [2.75, 3.05) is 42.6 Å². The maximum Gasteiger partial charge on any atom is 0.293 e. The number of nitrogens with zero attached hydrogens (tertiary/aromatic N) is 3. The number of hydrogen-bond donors (Lipinski definition) is 0. The molecular weight excluding hydrogens is 390 g/mol. The first-order valence-corrected chi connectivity index (χ1v) is 10.6. The van der Waals surface area contributed by atoms with E-state index in [-0.39, 0.29) is 11.6 Å². The highest BCUT2D eigenvalue weighted by Gasteiger charge is 2.28. The summed E-state index contributed by atoms with van der Waals surface area (Å²) in [7, 11) is 0. The van der Waals surface area contributed by atoms with Gasteiger partial charge in [-0.05, 0) is 30.7 Å². The van der Waals surface area contributed by atoms with Crippen LogP contribution in [0.15, 0.2) is 47.4 Å². The van der Waals surface area contributed by atoms with Crippen molar-refractivity contribution in [1.29, 1.82) is 0 Å². The molecule has 2 aromatic rings. The highest BCUT2D eigenvalue weighted by atomic mass is 32.2. The van der Waals surface area contributed by atoms with Crippen LogP contribution in [0.4, 0.5) is 17.1 Å². The molecule has 2 aliphatic rings. The van der Waals surface area contributed by atoms with Crippen molar-refractivity contribution in [2.24, 2.45) is 0 Å². The zero-order valence-corrected chi connectivity index (χ0v) is 17.1. The summed E-state index contributed by atoms with van der Waals surface area (Å²) >= 11 is 1.76. The molecule has 1 atom stereocenters.